The van der Waals surface area contributed by atoms with Gasteiger partial charge in [0.2, 0.25) is 0 Å². The van der Waals surface area contributed by atoms with Crippen LogP contribution in [0.5, 0.6) is 0 Å². The topological polar surface area (TPSA) is 106 Å². The molecule has 0 fully saturated rings. The summed E-state index contributed by atoms with van der Waals surface area (Å²) in [6.45, 7) is 7.56. The van der Waals surface area contributed by atoms with Crippen molar-refractivity contribution >= 4 is 10.9 Å². The molecule has 0 aliphatic carbocycles. The normalized spacial score (nSPS) is 12.7. The number of benzene rings is 1. The summed E-state index contributed by atoms with van der Waals surface area (Å²) >= 11 is 0. The quantitative estimate of drug-likeness (QED) is 0.338. The van der Waals surface area contributed by atoms with E-state index in [0.29, 0.717) is 31.0 Å². The molecule has 1 atom stereocenters. The number of nitrogens with one attached hydrogen (secondary N) is 1. The zero-order valence-electron chi connectivity index (χ0n) is 20.0. The van der Waals surface area contributed by atoms with E-state index >= 15 is 0 Å². The third-order valence-electron chi connectivity index (χ3n) is 6.21. The lowest BCUT2D eigenvalue weighted by molar-refractivity contribution is 0.116. The highest BCUT2D eigenvalue weighted by Gasteiger charge is 2.31. The van der Waals surface area contributed by atoms with Gasteiger partial charge in [-0.15, -0.1) is 5.10 Å². The van der Waals surface area contributed by atoms with Gasteiger partial charge in [0.1, 0.15) is 18.1 Å². The van der Waals surface area contributed by atoms with Gasteiger partial charge in [0.05, 0.1) is 30.6 Å². The first kappa shape index (κ1) is 22.8. The number of hydrogen-bond acceptors (Lipinski definition) is 7. The number of tetrazole rings is 1. The molecule has 5 aromatic rings. The molecule has 35 heavy (non-hydrogen) atoms. The van der Waals surface area contributed by atoms with Crippen LogP contribution in [0.2, 0.25) is 0 Å². The monoisotopic (exact) mass is 472 g/mol. The average molecular weight is 473 g/mol. The highest BCUT2D eigenvalue weighted by atomic mass is 16.3. The lowest BCUT2D eigenvalue weighted by Crippen LogP contribution is -2.35. The number of H-pyrrole nitrogens is 1. The lowest BCUT2D eigenvalue weighted by atomic mass is 10.00. The van der Waals surface area contributed by atoms with Gasteiger partial charge in [0, 0.05) is 12.1 Å². The summed E-state index contributed by atoms with van der Waals surface area (Å²) in [7, 11) is 0. The maximum absolute atomic E-state index is 13.1. The first-order chi connectivity index (χ1) is 17.0. The van der Waals surface area contributed by atoms with Crippen LogP contribution in [-0.4, -0.2) is 30.1 Å². The van der Waals surface area contributed by atoms with Crippen LogP contribution in [0.4, 0.5) is 0 Å². The van der Waals surface area contributed by atoms with Crippen molar-refractivity contribution in [3.63, 3.8) is 0 Å². The maximum atomic E-state index is 13.1. The van der Waals surface area contributed by atoms with Gasteiger partial charge in [-0.25, -0.2) is 4.68 Å². The number of rotatable bonds is 9. The highest BCUT2D eigenvalue weighted by molar-refractivity contribution is 5.81. The number of furan rings is 2. The predicted octanol–water partition coefficient (Wildman–Crippen LogP) is 4.46. The summed E-state index contributed by atoms with van der Waals surface area (Å²) < 4.78 is 13.0. The Bertz CT molecular complexity index is 1450. The molecule has 9 heteroatoms. The van der Waals surface area contributed by atoms with Crippen LogP contribution in [0.15, 0.2) is 74.7 Å². The van der Waals surface area contributed by atoms with E-state index in [0.717, 1.165) is 28.0 Å². The minimum atomic E-state index is -0.183. The fraction of sp³-hybridized carbons (Fsp3) is 0.308. The molecule has 0 aliphatic rings. The van der Waals surface area contributed by atoms with E-state index in [1.54, 1.807) is 17.2 Å². The standard InChI is InChI=1S/C26H28N6O3/c1-17(2)24(25-28-29-30-32(25)16-22-10-6-12-35-22)31(15-21-9-5-11-34-21)14-20-13-19-8-4-7-18(3)23(19)27-26(20)33/h4-13,17,24H,14-16H2,1-3H3,(H,27,33)/t24-/m0/s1. The molecule has 0 bridgehead atoms. The Kier molecular flexibility index (Phi) is 6.33. The van der Waals surface area contributed by atoms with E-state index in [9.17, 15) is 4.79 Å². The Labute approximate surface area is 202 Å². The van der Waals surface area contributed by atoms with Gasteiger partial charge in [0.15, 0.2) is 5.82 Å². The maximum Gasteiger partial charge on any atom is 0.252 e. The van der Waals surface area contributed by atoms with Crippen molar-refractivity contribution in [2.24, 2.45) is 5.92 Å². The van der Waals surface area contributed by atoms with Crippen LogP contribution in [0.25, 0.3) is 10.9 Å². The summed E-state index contributed by atoms with van der Waals surface area (Å²) in [6.07, 6.45) is 3.29. The van der Waals surface area contributed by atoms with Gasteiger partial charge in [-0.05, 0) is 64.5 Å². The molecule has 1 aromatic carbocycles. The number of para-hydroxylation sites is 1. The van der Waals surface area contributed by atoms with E-state index in [-0.39, 0.29) is 17.5 Å². The zero-order valence-corrected chi connectivity index (χ0v) is 20.0. The second-order valence-corrected chi connectivity index (χ2v) is 9.11. The molecule has 0 saturated heterocycles. The smallest absolute Gasteiger partial charge is 0.252 e. The molecule has 5 rings (SSSR count). The number of aromatic nitrogens is 5. The van der Waals surface area contributed by atoms with Crippen molar-refractivity contribution in [1.29, 1.82) is 0 Å². The molecule has 0 amide bonds. The lowest BCUT2D eigenvalue weighted by Gasteiger charge is -2.32. The molecule has 0 aliphatic heterocycles. The molecule has 9 nitrogen and oxygen atoms in total. The number of fused-ring (bicyclic) bond motifs is 1. The summed E-state index contributed by atoms with van der Waals surface area (Å²) in [6, 6.07) is 15.3. The van der Waals surface area contributed by atoms with Crippen molar-refractivity contribution in [1.82, 2.24) is 30.1 Å². The fourth-order valence-corrected chi connectivity index (χ4v) is 4.59. The van der Waals surface area contributed by atoms with Crippen LogP contribution in [0, 0.1) is 12.8 Å². The van der Waals surface area contributed by atoms with Gasteiger partial charge in [-0.1, -0.05) is 32.0 Å². The van der Waals surface area contributed by atoms with Crippen molar-refractivity contribution in [3.8, 4) is 0 Å². The highest BCUT2D eigenvalue weighted by Crippen LogP contribution is 2.30. The van der Waals surface area contributed by atoms with E-state index in [1.165, 1.54) is 0 Å². The van der Waals surface area contributed by atoms with Gasteiger partial charge in [-0.2, -0.15) is 0 Å². The Balaban J connectivity index is 1.54. The molecule has 4 heterocycles. The number of aromatic amines is 1. The Morgan fingerprint density at radius 2 is 1.80 bits per heavy atom. The summed E-state index contributed by atoms with van der Waals surface area (Å²) in [5, 5.41) is 13.6. The van der Waals surface area contributed by atoms with E-state index in [1.807, 2.05) is 55.5 Å². The zero-order chi connectivity index (χ0) is 24.4. The van der Waals surface area contributed by atoms with Crippen LogP contribution in [-0.2, 0) is 19.6 Å². The van der Waals surface area contributed by atoms with E-state index in [2.05, 4.69) is 39.3 Å². The minimum absolute atomic E-state index is 0.103. The largest absolute Gasteiger partial charge is 0.468 e. The van der Waals surface area contributed by atoms with Gasteiger partial charge in [0.25, 0.3) is 5.56 Å². The SMILES string of the molecule is Cc1cccc2cc(CN(Cc3ccco3)[C@H](c3nnnn3Cc3ccco3)C(C)C)c(=O)[nH]c12. The average Bonchev–Trinajstić information content (AvgIpc) is 3.60. The van der Waals surface area contributed by atoms with Crippen molar-refractivity contribution in [2.75, 3.05) is 0 Å². The van der Waals surface area contributed by atoms with Crippen molar-refractivity contribution in [3.05, 3.63) is 99.9 Å². The predicted molar refractivity (Wildman–Crippen MR) is 130 cm³/mol. The second kappa shape index (κ2) is 9.71. The molecule has 0 saturated carbocycles. The van der Waals surface area contributed by atoms with Crippen LogP contribution in [0.3, 0.4) is 0 Å². The Morgan fingerprint density at radius 3 is 2.51 bits per heavy atom. The first-order valence-corrected chi connectivity index (χ1v) is 11.7. The molecule has 0 radical (unpaired) electrons. The molecule has 4 aromatic heterocycles. The summed E-state index contributed by atoms with van der Waals surface area (Å²) in [5.41, 5.74) is 2.47. The number of aryl methyl sites for hydroxylation is 1. The van der Waals surface area contributed by atoms with Gasteiger partial charge < -0.3 is 13.8 Å². The molecule has 0 unspecified atom stereocenters. The molecule has 180 valence electrons. The van der Waals surface area contributed by atoms with Gasteiger partial charge in [-0.3, -0.25) is 9.69 Å². The third-order valence-corrected chi connectivity index (χ3v) is 6.21. The third kappa shape index (κ3) is 4.81. The number of pyridine rings is 1. The van der Waals surface area contributed by atoms with Crippen LogP contribution in [0.1, 0.15) is 48.4 Å². The minimum Gasteiger partial charge on any atom is -0.468 e. The number of nitrogens with zero attached hydrogens (tertiary/aromatic N) is 5. The Hall–Kier alpha value is -3.98. The summed E-state index contributed by atoms with van der Waals surface area (Å²) in [4.78, 5) is 18.4. The first-order valence-electron chi connectivity index (χ1n) is 11.7. The molecular formula is C26H28N6O3. The molecule has 0 spiro atoms. The van der Waals surface area contributed by atoms with Crippen molar-refractivity contribution in [2.45, 2.75) is 46.4 Å². The van der Waals surface area contributed by atoms with E-state index < -0.39 is 0 Å². The fourth-order valence-electron chi connectivity index (χ4n) is 4.59. The van der Waals surface area contributed by atoms with Crippen molar-refractivity contribution < 1.29 is 8.83 Å². The number of hydrogen-bond donors (Lipinski definition) is 1. The summed E-state index contributed by atoms with van der Waals surface area (Å²) in [5.74, 6) is 2.41. The van der Waals surface area contributed by atoms with E-state index in [4.69, 9.17) is 8.83 Å². The molecular weight excluding hydrogens is 444 g/mol. The van der Waals surface area contributed by atoms with Crippen LogP contribution >= 0.6 is 0 Å². The second-order valence-electron chi connectivity index (χ2n) is 9.11. The van der Waals surface area contributed by atoms with Crippen LogP contribution < -0.4 is 5.56 Å². The molecule has 1 N–H and O–H groups in total. The Morgan fingerprint density at radius 1 is 1.03 bits per heavy atom. The van der Waals surface area contributed by atoms with Gasteiger partial charge >= 0.3 is 0 Å².